The van der Waals surface area contributed by atoms with Gasteiger partial charge in [0.1, 0.15) is 29.4 Å². The zero-order valence-electron chi connectivity index (χ0n) is 19.1. The number of rotatable bonds is 5. The Labute approximate surface area is 194 Å². The third kappa shape index (κ3) is 4.56. The van der Waals surface area contributed by atoms with E-state index >= 15 is 0 Å². The Hall–Kier alpha value is -3.40. The number of anilines is 1. The summed E-state index contributed by atoms with van der Waals surface area (Å²) >= 11 is 0. The van der Waals surface area contributed by atoms with Gasteiger partial charge < -0.3 is 10.6 Å². The maximum absolute atomic E-state index is 12.8. The molecule has 0 atom stereocenters. The number of fused-ring (bicyclic) bond motifs is 1. The van der Waals surface area contributed by atoms with Crippen LogP contribution < -0.4 is 10.6 Å². The summed E-state index contributed by atoms with van der Waals surface area (Å²) in [6, 6.07) is 4.19. The van der Waals surface area contributed by atoms with Gasteiger partial charge in [0.05, 0.1) is 29.7 Å². The number of amides is 1. The van der Waals surface area contributed by atoms with Crippen LogP contribution in [0.15, 0.2) is 49.3 Å². The van der Waals surface area contributed by atoms with E-state index in [1.165, 1.54) is 0 Å². The molecule has 5 heterocycles. The van der Waals surface area contributed by atoms with Crippen LogP contribution in [0.25, 0.3) is 22.0 Å². The van der Waals surface area contributed by atoms with Gasteiger partial charge in [-0.1, -0.05) is 0 Å². The van der Waals surface area contributed by atoms with Crippen LogP contribution in [0, 0.1) is 0 Å². The number of pyridine rings is 2. The summed E-state index contributed by atoms with van der Waals surface area (Å²) in [4.78, 5) is 21.7. The zero-order chi connectivity index (χ0) is 23.0. The summed E-state index contributed by atoms with van der Waals surface area (Å²) in [6.07, 6.45) is 12.8. The van der Waals surface area contributed by atoms with Crippen LogP contribution in [-0.4, -0.2) is 72.1 Å². The first-order valence-corrected chi connectivity index (χ1v) is 11.2. The summed E-state index contributed by atoms with van der Waals surface area (Å²) < 4.78 is 3.83. The second kappa shape index (κ2) is 8.51. The zero-order valence-corrected chi connectivity index (χ0v) is 19.1. The predicted molar refractivity (Wildman–Crippen MR) is 136 cm³/mol. The van der Waals surface area contributed by atoms with E-state index in [0.29, 0.717) is 17.4 Å². The van der Waals surface area contributed by atoms with Crippen molar-refractivity contribution in [3.8, 4) is 11.3 Å². The van der Waals surface area contributed by atoms with Gasteiger partial charge in [-0.3, -0.25) is 19.1 Å². The fourth-order valence-corrected chi connectivity index (χ4v) is 4.00. The Kier molecular flexibility index (Phi) is 5.53. The molecule has 5 rings (SSSR count). The molecule has 0 saturated carbocycles. The quantitative estimate of drug-likeness (QED) is 0.402. The lowest BCUT2D eigenvalue weighted by Crippen LogP contribution is -2.35. The lowest BCUT2D eigenvalue weighted by molar-refractivity contribution is 0.102. The smallest absolute Gasteiger partial charge is 0.260 e. The molecule has 1 saturated heterocycles. The highest BCUT2D eigenvalue weighted by Gasteiger charge is 2.18. The minimum absolute atomic E-state index is 0.0991. The van der Waals surface area contributed by atoms with Gasteiger partial charge in [-0.25, -0.2) is 4.98 Å². The van der Waals surface area contributed by atoms with Gasteiger partial charge in [0.2, 0.25) is 0 Å². The van der Waals surface area contributed by atoms with Gasteiger partial charge in [0.25, 0.3) is 5.91 Å². The normalized spacial score (nSPS) is 15.0. The first-order valence-electron chi connectivity index (χ1n) is 11.2. The van der Waals surface area contributed by atoms with Crippen LogP contribution in [0.5, 0.6) is 0 Å². The molecule has 4 aromatic heterocycles. The van der Waals surface area contributed by atoms with Gasteiger partial charge in [0, 0.05) is 35.7 Å². The molecule has 0 unspecified atom stereocenters. The van der Waals surface area contributed by atoms with E-state index in [-0.39, 0.29) is 11.1 Å². The van der Waals surface area contributed by atoms with E-state index in [0.717, 1.165) is 48.0 Å². The van der Waals surface area contributed by atoms with Gasteiger partial charge in [-0.15, -0.1) is 0 Å². The molecule has 0 aromatic carbocycles. The van der Waals surface area contributed by atoms with Crippen molar-refractivity contribution in [3.63, 3.8) is 0 Å². The van der Waals surface area contributed by atoms with E-state index in [2.05, 4.69) is 54.3 Å². The molecule has 0 spiro atoms. The summed E-state index contributed by atoms with van der Waals surface area (Å²) in [5.74, 6) is 0.271. The van der Waals surface area contributed by atoms with Gasteiger partial charge in [0.15, 0.2) is 0 Å². The maximum atomic E-state index is 12.8. The highest BCUT2D eigenvalue weighted by atomic mass is 16.1. The standard InChI is InChI=1S/C21H25B3N8O/c22-21(23,24)32-12-15(9-29-32)18-5-13-6-19(27-8-14(13)7-26-18)30-20(33)16-10-28-31(11-16)17-1-3-25-4-2-17/h5-12,17,25H,1-4,22-24H2,(H,27,30,33). The Balaban J connectivity index is 1.35. The van der Waals surface area contributed by atoms with E-state index in [1.54, 1.807) is 18.6 Å². The second-order valence-corrected chi connectivity index (χ2v) is 9.47. The average Bonchev–Trinajstić information content (AvgIpc) is 3.49. The molecule has 1 aliphatic heterocycles. The number of carbonyl (C=O) groups excluding carboxylic acids is 1. The summed E-state index contributed by atoms with van der Waals surface area (Å²) in [6.45, 7) is 1.95. The molecule has 4 aromatic rings. The molecule has 12 heteroatoms. The largest absolute Gasteiger partial charge is 0.317 e. The van der Waals surface area contributed by atoms with Crippen molar-refractivity contribution in [1.82, 2.24) is 34.8 Å². The predicted octanol–water partition coefficient (Wildman–Crippen LogP) is -0.666. The number of aromatic nitrogens is 6. The Morgan fingerprint density at radius 3 is 2.55 bits per heavy atom. The van der Waals surface area contributed by atoms with Crippen molar-refractivity contribution >= 4 is 46.0 Å². The number of hydrogen-bond acceptors (Lipinski definition) is 6. The third-order valence-electron chi connectivity index (χ3n) is 5.96. The molecule has 164 valence electrons. The van der Waals surface area contributed by atoms with Crippen LogP contribution in [-0.2, 0) is 5.24 Å². The van der Waals surface area contributed by atoms with Crippen LogP contribution >= 0.6 is 0 Å². The highest BCUT2D eigenvalue weighted by molar-refractivity contribution is 6.56. The highest BCUT2D eigenvalue weighted by Crippen LogP contribution is 2.24. The summed E-state index contributed by atoms with van der Waals surface area (Å²) in [7, 11) is 6.32. The molecule has 1 amide bonds. The van der Waals surface area contributed by atoms with E-state index in [4.69, 9.17) is 0 Å². The number of piperidine rings is 1. The van der Waals surface area contributed by atoms with Crippen molar-refractivity contribution in [2.75, 3.05) is 18.4 Å². The topological polar surface area (TPSA) is 103 Å². The fourth-order valence-electron chi connectivity index (χ4n) is 4.00. The first kappa shape index (κ1) is 21.5. The number of hydrogen-bond donors (Lipinski definition) is 2. The van der Waals surface area contributed by atoms with Gasteiger partial charge >= 0.3 is 0 Å². The second-order valence-electron chi connectivity index (χ2n) is 9.47. The number of nitrogens with one attached hydrogen (secondary N) is 2. The molecule has 1 fully saturated rings. The van der Waals surface area contributed by atoms with Crippen molar-refractivity contribution in [3.05, 3.63) is 54.9 Å². The minimum Gasteiger partial charge on any atom is -0.317 e. The molecule has 33 heavy (non-hydrogen) atoms. The SMILES string of the molecule is BC(B)(B)n1cc(-c2cc3cc(NC(=O)c4cnn(C5CCNCC5)c4)ncc3cn2)cn1. The van der Waals surface area contributed by atoms with Gasteiger partial charge in [-0.2, -0.15) is 10.2 Å². The monoisotopic (exact) mass is 438 g/mol. The van der Waals surface area contributed by atoms with Crippen LogP contribution in [0.2, 0.25) is 0 Å². The molecule has 0 radical (unpaired) electrons. The van der Waals surface area contributed by atoms with Crippen LogP contribution in [0.3, 0.4) is 0 Å². The van der Waals surface area contributed by atoms with Gasteiger partial charge in [-0.05, 0) is 48.7 Å². The fraction of sp³-hybridized carbons (Fsp3) is 0.286. The maximum Gasteiger partial charge on any atom is 0.260 e. The van der Waals surface area contributed by atoms with E-state index < -0.39 is 0 Å². The molecule has 0 bridgehead atoms. The molecular formula is C21H25B3N8O. The molecule has 9 nitrogen and oxygen atoms in total. The van der Waals surface area contributed by atoms with Crippen LogP contribution in [0.1, 0.15) is 29.2 Å². The third-order valence-corrected chi connectivity index (χ3v) is 5.96. The minimum atomic E-state index is -0.220. The first-order chi connectivity index (χ1) is 15.9. The van der Waals surface area contributed by atoms with Crippen molar-refractivity contribution in [2.24, 2.45) is 0 Å². The Morgan fingerprint density at radius 2 is 1.79 bits per heavy atom. The van der Waals surface area contributed by atoms with E-state index in [9.17, 15) is 4.79 Å². The Morgan fingerprint density at radius 1 is 1.00 bits per heavy atom. The van der Waals surface area contributed by atoms with Crippen molar-refractivity contribution in [2.45, 2.75) is 24.1 Å². The molecular weight excluding hydrogens is 413 g/mol. The average molecular weight is 438 g/mol. The molecule has 1 aliphatic rings. The molecule has 0 aliphatic carbocycles. The lowest BCUT2D eigenvalue weighted by Gasteiger charge is -2.22. The van der Waals surface area contributed by atoms with Crippen molar-refractivity contribution in [1.29, 1.82) is 0 Å². The number of nitrogens with zero attached hydrogens (tertiary/aromatic N) is 6. The Bertz CT molecular complexity index is 1310. The molecule has 2 N–H and O–H groups in total. The van der Waals surface area contributed by atoms with Crippen LogP contribution in [0.4, 0.5) is 5.82 Å². The van der Waals surface area contributed by atoms with Crippen molar-refractivity contribution < 1.29 is 4.79 Å². The lowest BCUT2D eigenvalue weighted by atomic mass is 9.49. The van der Waals surface area contributed by atoms with E-state index in [1.807, 2.05) is 40.1 Å². The summed E-state index contributed by atoms with van der Waals surface area (Å²) in [5, 5.41) is 16.9. The number of carbonyl (C=O) groups is 1. The summed E-state index contributed by atoms with van der Waals surface area (Å²) in [5.41, 5.74) is 2.30.